The van der Waals surface area contributed by atoms with Crippen molar-refractivity contribution in [1.82, 2.24) is 10.2 Å². The molecule has 0 aromatic rings. The summed E-state index contributed by atoms with van der Waals surface area (Å²) in [5.74, 6) is 0. The Hall–Kier alpha value is -0.330. The van der Waals surface area contributed by atoms with E-state index in [-0.39, 0.29) is 12.1 Å². The van der Waals surface area contributed by atoms with Crippen molar-refractivity contribution >= 4 is 0 Å². The molecule has 1 unspecified atom stereocenters. The van der Waals surface area contributed by atoms with Crippen LogP contribution >= 0.6 is 0 Å². The molecule has 0 amide bonds. The van der Waals surface area contributed by atoms with E-state index in [1.165, 1.54) is 0 Å². The van der Waals surface area contributed by atoms with Crippen molar-refractivity contribution in [2.24, 2.45) is 0 Å². The van der Waals surface area contributed by atoms with Crippen LogP contribution in [0.25, 0.3) is 0 Å². The maximum absolute atomic E-state index is 11.9. The summed E-state index contributed by atoms with van der Waals surface area (Å²) in [6, 6.07) is 0. The summed E-state index contributed by atoms with van der Waals surface area (Å²) in [6.45, 7) is 7.15. The molecule has 0 bridgehead atoms. The molecule has 1 rings (SSSR count). The monoisotopic (exact) mass is 282 g/mol. The first-order chi connectivity index (χ1) is 8.85. The number of nitrogens with one attached hydrogen (secondary N) is 1. The lowest BCUT2D eigenvalue weighted by molar-refractivity contribution is -0.174. The van der Waals surface area contributed by atoms with Crippen molar-refractivity contribution < 1.29 is 17.9 Å². The summed E-state index contributed by atoms with van der Waals surface area (Å²) in [6.07, 6.45) is -1.43. The minimum Gasteiger partial charge on any atom is -0.372 e. The predicted octanol–water partition coefficient (Wildman–Crippen LogP) is 2.42. The van der Waals surface area contributed by atoms with E-state index in [0.717, 1.165) is 39.0 Å². The number of hydrogen-bond acceptors (Lipinski definition) is 3. The molecule has 1 fully saturated rings. The predicted molar refractivity (Wildman–Crippen MR) is 69.2 cm³/mol. The zero-order valence-electron chi connectivity index (χ0n) is 11.9. The van der Waals surface area contributed by atoms with Crippen molar-refractivity contribution in [2.75, 3.05) is 39.4 Å². The molecule has 1 atom stereocenters. The first kappa shape index (κ1) is 16.7. The molecule has 0 aliphatic carbocycles. The lowest BCUT2D eigenvalue weighted by atomic mass is 9.98. The van der Waals surface area contributed by atoms with Gasteiger partial charge in [-0.2, -0.15) is 13.2 Å². The van der Waals surface area contributed by atoms with Crippen LogP contribution in [0, 0.1) is 0 Å². The highest BCUT2D eigenvalue weighted by Crippen LogP contribution is 2.16. The fourth-order valence-electron chi connectivity index (χ4n) is 2.33. The van der Waals surface area contributed by atoms with E-state index in [1.54, 1.807) is 0 Å². The van der Waals surface area contributed by atoms with Crippen LogP contribution in [0.3, 0.4) is 0 Å². The summed E-state index contributed by atoms with van der Waals surface area (Å²) in [5, 5.41) is 3.54. The summed E-state index contributed by atoms with van der Waals surface area (Å²) in [5.41, 5.74) is 0.114. The zero-order valence-corrected chi connectivity index (χ0v) is 11.9. The van der Waals surface area contributed by atoms with Crippen LogP contribution in [0.15, 0.2) is 0 Å². The number of rotatable bonds is 6. The van der Waals surface area contributed by atoms with Crippen LogP contribution in [0.5, 0.6) is 0 Å². The highest BCUT2D eigenvalue weighted by Gasteiger charge is 2.28. The Kier molecular flexibility index (Phi) is 6.56. The Balaban J connectivity index is 2.21. The highest BCUT2D eigenvalue weighted by atomic mass is 19.4. The summed E-state index contributed by atoms with van der Waals surface area (Å²) in [4.78, 5) is 2.32. The van der Waals surface area contributed by atoms with E-state index in [2.05, 4.69) is 28.8 Å². The Morgan fingerprint density at radius 1 is 1.37 bits per heavy atom. The van der Waals surface area contributed by atoms with E-state index < -0.39 is 12.8 Å². The third-order valence-corrected chi connectivity index (χ3v) is 3.58. The van der Waals surface area contributed by atoms with Crippen molar-refractivity contribution in [3.05, 3.63) is 0 Å². The smallest absolute Gasteiger partial charge is 0.372 e. The van der Waals surface area contributed by atoms with Gasteiger partial charge in [-0.25, -0.2) is 0 Å². The van der Waals surface area contributed by atoms with Gasteiger partial charge in [0.15, 0.2) is 0 Å². The molecule has 0 radical (unpaired) electrons. The Morgan fingerprint density at radius 2 is 2.11 bits per heavy atom. The molecule has 0 aromatic heterocycles. The maximum Gasteiger partial charge on any atom is 0.411 e. The highest BCUT2D eigenvalue weighted by molar-refractivity contribution is 4.87. The second-order valence-electron chi connectivity index (χ2n) is 5.49. The molecular formula is C13H25F3N2O. The van der Waals surface area contributed by atoms with Gasteiger partial charge in [0, 0.05) is 25.2 Å². The topological polar surface area (TPSA) is 24.5 Å². The maximum atomic E-state index is 11.9. The summed E-state index contributed by atoms with van der Waals surface area (Å²) >= 11 is 0. The van der Waals surface area contributed by atoms with Gasteiger partial charge in [0.05, 0.1) is 0 Å². The number of nitrogens with zero attached hydrogens (tertiary/aromatic N) is 1. The minimum atomic E-state index is -4.21. The van der Waals surface area contributed by atoms with Gasteiger partial charge >= 0.3 is 6.18 Å². The third kappa shape index (κ3) is 7.13. The van der Waals surface area contributed by atoms with E-state index in [0.29, 0.717) is 6.42 Å². The number of hydrogen-bond donors (Lipinski definition) is 1. The summed E-state index contributed by atoms with van der Waals surface area (Å²) < 4.78 is 40.3. The largest absolute Gasteiger partial charge is 0.411 e. The first-order valence-electron chi connectivity index (χ1n) is 6.96. The number of alkyl halides is 3. The van der Waals surface area contributed by atoms with Crippen LogP contribution in [-0.4, -0.2) is 56.0 Å². The summed E-state index contributed by atoms with van der Waals surface area (Å²) in [7, 11) is 0. The molecule has 0 spiro atoms. The van der Waals surface area contributed by atoms with Crippen molar-refractivity contribution in [3.8, 4) is 0 Å². The van der Waals surface area contributed by atoms with Crippen LogP contribution in [0.2, 0.25) is 0 Å². The van der Waals surface area contributed by atoms with Crippen molar-refractivity contribution in [3.63, 3.8) is 0 Å². The van der Waals surface area contributed by atoms with Crippen LogP contribution in [0.4, 0.5) is 13.2 Å². The third-order valence-electron chi connectivity index (χ3n) is 3.58. The Labute approximate surface area is 113 Å². The molecule has 0 saturated carbocycles. The second-order valence-corrected chi connectivity index (χ2v) is 5.49. The lowest BCUT2D eigenvalue weighted by Gasteiger charge is -2.32. The Morgan fingerprint density at radius 3 is 2.74 bits per heavy atom. The molecule has 1 aliphatic rings. The first-order valence-corrected chi connectivity index (χ1v) is 6.96. The van der Waals surface area contributed by atoms with Gasteiger partial charge in [-0.3, -0.25) is 0 Å². The van der Waals surface area contributed by atoms with Gasteiger partial charge in [-0.15, -0.1) is 0 Å². The quantitative estimate of drug-likeness (QED) is 0.757. The van der Waals surface area contributed by atoms with E-state index >= 15 is 0 Å². The van der Waals surface area contributed by atoms with Gasteiger partial charge in [-0.1, -0.05) is 6.92 Å². The van der Waals surface area contributed by atoms with E-state index in [4.69, 9.17) is 0 Å². The fraction of sp³-hybridized carbons (Fsp3) is 1.00. The average Bonchev–Trinajstić information content (AvgIpc) is 2.50. The molecule has 1 N–H and O–H groups in total. The fourth-order valence-corrected chi connectivity index (χ4v) is 2.33. The molecule has 1 saturated heterocycles. The zero-order chi connectivity index (χ0) is 14.4. The minimum absolute atomic E-state index is 0.114. The van der Waals surface area contributed by atoms with Gasteiger partial charge in [0.25, 0.3) is 0 Å². The Bertz CT molecular complexity index is 261. The molecule has 3 nitrogen and oxygen atoms in total. The second kappa shape index (κ2) is 7.45. The number of halogens is 3. The van der Waals surface area contributed by atoms with Gasteiger partial charge in [-0.05, 0) is 39.3 Å². The molecular weight excluding hydrogens is 257 g/mol. The molecule has 1 aliphatic heterocycles. The SMILES string of the molecule is CCC1(C)CN(CCCOCC(F)(F)F)CCCN1. The standard InChI is InChI=1S/C13H25F3N2O/c1-3-12(2)10-18(7-4-6-17-12)8-5-9-19-11-13(14,15)16/h17H,3-11H2,1-2H3. The van der Waals surface area contributed by atoms with Crippen molar-refractivity contribution in [2.45, 2.75) is 44.8 Å². The van der Waals surface area contributed by atoms with Crippen LogP contribution in [0.1, 0.15) is 33.1 Å². The van der Waals surface area contributed by atoms with E-state index in [9.17, 15) is 13.2 Å². The van der Waals surface area contributed by atoms with Gasteiger partial charge in [0.2, 0.25) is 0 Å². The van der Waals surface area contributed by atoms with Crippen LogP contribution < -0.4 is 5.32 Å². The molecule has 19 heavy (non-hydrogen) atoms. The van der Waals surface area contributed by atoms with Gasteiger partial charge < -0.3 is 15.0 Å². The molecule has 0 aromatic carbocycles. The molecule has 114 valence electrons. The van der Waals surface area contributed by atoms with Gasteiger partial charge in [0.1, 0.15) is 6.61 Å². The lowest BCUT2D eigenvalue weighted by Crippen LogP contribution is -2.48. The molecule has 1 heterocycles. The normalized spacial score (nSPS) is 26.4. The molecule has 6 heteroatoms. The van der Waals surface area contributed by atoms with Crippen molar-refractivity contribution in [1.29, 1.82) is 0 Å². The average molecular weight is 282 g/mol. The van der Waals surface area contributed by atoms with Crippen LogP contribution in [-0.2, 0) is 4.74 Å². The van der Waals surface area contributed by atoms with E-state index in [1.807, 2.05) is 0 Å². The number of ether oxygens (including phenoxy) is 1.